The van der Waals surface area contributed by atoms with E-state index in [0.717, 1.165) is 10.0 Å². The van der Waals surface area contributed by atoms with Gasteiger partial charge in [-0.05, 0) is 43.5 Å². The summed E-state index contributed by atoms with van der Waals surface area (Å²) >= 11 is 3.46. The predicted molar refractivity (Wildman–Crippen MR) is 84.7 cm³/mol. The van der Waals surface area contributed by atoms with Crippen molar-refractivity contribution >= 4 is 15.9 Å². The number of rotatable bonds is 4. The third-order valence-corrected chi connectivity index (χ3v) is 5.16. The summed E-state index contributed by atoms with van der Waals surface area (Å²) in [6, 6.07) is 9.18. The highest BCUT2D eigenvalue weighted by Crippen LogP contribution is 2.27. The van der Waals surface area contributed by atoms with Crippen LogP contribution in [0.1, 0.15) is 37.4 Å². The van der Waals surface area contributed by atoms with Gasteiger partial charge in [0.1, 0.15) is 0 Å². The molecule has 0 amide bonds. The van der Waals surface area contributed by atoms with Crippen LogP contribution in [0.2, 0.25) is 0 Å². The molecule has 0 spiro atoms. The van der Waals surface area contributed by atoms with Crippen LogP contribution in [0.3, 0.4) is 0 Å². The monoisotopic (exact) mass is 338 g/mol. The van der Waals surface area contributed by atoms with E-state index in [-0.39, 0.29) is 0 Å². The number of aliphatic hydroxyl groups is 1. The maximum Gasteiger partial charge on any atom is 0.0914 e. The number of hydrogen-bond acceptors (Lipinski definition) is 3. The predicted octanol–water partition coefficient (Wildman–Crippen LogP) is 2.70. The van der Waals surface area contributed by atoms with E-state index in [1.807, 2.05) is 24.3 Å². The van der Waals surface area contributed by atoms with Crippen LogP contribution in [0, 0.1) is 0 Å². The smallest absolute Gasteiger partial charge is 0.0914 e. The van der Waals surface area contributed by atoms with E-state index in [4.69, 9.17) is 0 Å². The largest absolute Gasteiger partial charge is 0.387 e. The Balaban J connectivity index is 1.54. The van der Waals surface area contributed by atoms with Gasteiger partial charge in [-0.15, -0.1) is 0 Å². The molecule has 2 N–H and O–H groups in total. The van der Waals surface area contributed by atoms with Crippen molar-refractivity contribution in [2.75, 3.05) is 19.6 Å². The molecule has 1 aromatic carbocycles. The second kappa shape index (κ2) is 6.56. The third kappa shape index (κ3) is 3.25. The zero-order chi connectivity index (χ0) is 13.9. The summed E-state index contributed by atoms with van der Waals surface area (Å²) < 4.78 is 1.02. The third-order valence-electron chi connectivity index (χ3n) is 4.66. The Morgan fingerprint density at radius 2 is 2.20 bits per heavy atom. The molecule has 3 atom stereocenters. The van der Waals surface area contributed by atoms with Crippen molar-refractivity contribution in [1.29, 1.82) is 0 Å². The summed E-state index contributed by atoms with van der Waals surface area (Å²) in [7, 11) is 0. The molecule has 110 valence electrons. The molecule has 3 rings (SSSR count). The molecule has 0 bridgehead atoms. The van der Waals surface area contributed by atoms with Gasteiger partial charge in [0.05, 0.1) is 6.10 Å². The molecule has 0 aromatic heterocycles. The van der Waals surface area contributed by atoms with Gasteiger partial charge in [-0.2, -0.15) is 0 Å². The fraction of sp³-hybridized carbons (Fsp3) is 0.625. The Kier molecular flexibility index (Phi) is 4.76. The summed E-state index contributed by atoms with van der Waals surface area (Å²) in [5.74, 6) is 0. The van der Waals surface area contributed by atoms with E-state index >= 15 is 0 Å². The van der Waals surface area contributed by atoms with Gasteiger partial charge in [-0.25, -0.2) is 0 Å². The van der Waals surface area contributed by atoms with Crippen LogP contribution >= 0.6 is 15.9 Å². The van der Waals surface area contributed by atoms with Gasteiger partial charge in [-0.3, -0.25) is 4.90 Å². The zero-order valence-electron chi connectivity index (χ0n) is 11.8. The summed E-state index contributed by atoms with van der Waals surface area (Å²) in [4.78, 5) is 2.62. The van der Waals surface area contributed by atoms with Crippen LogP contribution in [0.5, 0.6) is 0 Å². The molecule has 2 aliphatic rings. The minimum Gasteiger partial charge on any atom is -0.387 e. The minimum atomic E-state index is -0.426. The first-order valence-electron chi connectivity index (χ1n) is 7.65. The fourth-order valence-corrected chi connectivity index (χ4v) is 4.00. The lowest BCUT2D eigenvalue weighted by molar-refractivity contribution is 0.150. The Bertz CT molecular complexity index is 454. The maximum atomic E-state index is 10.3. The molecule has 2 fully saturated rings. The number of nitrogens with zero attached hydrogens (tertiary/aromatic N) is 1. The first-order chi connectivity index (χ1) is 9.74. The van der Waals surface area contributed by atoms with Gasteiger partial charge >= 0.3 is 0 Å². The van der Waals surface area contributed by atoms with Crippen molar-refractivity contribution in [3.8, 4) is 0 Å². The topological polar surface area (TPSA) is 35.5 Å². The number of benzene rings is 1. The highest BCUT2D eigenvalue weighted by molar-refractivity contribution is 9.10. The molecular weight excluding hydrogens is 316 g/mol. The summed E-state index contributed by atoms with van der Waals surface area (Å²) in [6.07, 6.45) is 4.81. The molecule has 2 heterocycles. The molecular formula is C16H23BrN2O. The van der Waals surface area contributed by atoms with Crippen molar-refractivity contribution in [2.24, 2.45) is 0 Å². The fourth-order valence-electron chi connectivity index (χ4n) is 3.58. The number of hydrogen-bond donors (Lipinski definition) is 2. The van der Waals surface area contributed by atoms with Crippen LogP contribution in [0.25, 0.3) is 0 Å². The number of aliphatic hydroxyl groups excluding tert-OH is 1. The van der Waals surface area contributed by atoms with Gasteiger partial charge < -0.3 is 10.4 Å². The van der Waals surface area contributed by atoms with Crippen molar-refractivity contribution in [3.63, 3.8) is 0 Å². The van der Waals surface area contributed by atoms with Crippen molar-refractivity contribution in [1.82, 2.24) is 10.2 Å². The zero-order valence-corrected chi connectivity index (χ0v) is 13.3. The molecule has 3 nitrogen and oxygen atoms in total. The highest BCUT2D eigenvalue weighted by atomic mass is 79.9. The van der Waals surface area contributed by atoms with Crippen molar-refractivity contribution in [3.05, 3.63) is 34.3 Å². The quantitative estimate of drug-likeness (QED) is 0.885. The lowest BCUT2D eigenvalue weighted by Crippen LogP contribution is -2.45. The summed E-state index contributed by atoms with van der Waals surface area (Å²) in [6.45, 7) is 3.12. The molecule has 2 saturated heterocycles. The van der Waals surface area contributed by atoms with Crippen LogP contribution < -0.4 is 5.32 Å². The molecule has 4 heteroatoms. The van der Waals surface area contributed by atoms with Crippen LogP contribution in [0.4, 0.5) is 0 Å². The Labute approximate surface area is 129 Å². The number of halogens is 1. The first-order valence-corrected chi connectivity index (χ1v) is 8.44. The van der Waals surface area contributed by atoms with Crippen molar-refractivity contribution < 1.29 is 5.11 Å². The van der Waals surface area contributed by atoms with E-state index in [9.17, 15) is 5.11 Å². The number of piperidine rings is 1. The first kappa shape index (κ1) is 14.5. The van der Waals surface area contributed by atoms with Gasteiger partial charge in [0.15, 0.2) is 0 Å². The normalized spacial score (nSPS) is 28.3. The Morgan fingerprint density at radius 1 is 1.30 bits per heavy atom. The Morgan fingerprint density at radius 3 is 3.05 bits per heavy atom. The second-order valence-corrected chi connectivity index (χ2v) is 6.89. The minimum absolute atomic E-state index is 0.426. The summed E-state index contributed by atoms with van der Waals surface area (Å²) in [5, 5.41) is 13.9. The standard InChI is InChI=1S/C16H23BrN2O/c17-13-5-3-4-12(10-13)16(20)11-18-14-7-9-19-8-2-1-6-15(14)19/h3-5,10,14-16,18,20H,1-2,6-9,11H2. The van der Waals surface area contributed by atoms with Crippen LogP contribution in [-0.2, 0) is 0 Å². The number of fused-ring (bicyclic) bond motifs is 1. The van der Waals surface area contributed by atoms with Gasteiger partial charge in [0.25, 0.3) is 0 Å². The second-order valence-electron chi connectivity index (χ2n) is 5.97. The molecule has 20 heavy (non-hydrogen) atoms. The molecule has 0 saturated carbocycles. The SMILES string of the molecule is OC(CNC1CCN2CCCCC12)c1cccc(Br)c1. The van der Waals surface area contributed by atoms with E-state index in [1.165, 1.54) is 38.8 Å². The molecule has 0 radical (unpaired) electrons. The van der Waals surface area contributed by atoms with E-state index in [2.05, 4.69) is 26.1 Å². The van der Waals surface area contributed by atoms with Gasteiger partial charge in [0, 0.05) is 29.6 Å². The molecule has 3 unspecified atom stereocenters. The maximum absolute atomic E-state index is 10.3. The van der Waals surface area contributed by atoms with E-state index in [1.54, 1.807) is 0 Å². The lowest BCUT2D eigenvalue weighted by Gasteiger charge is -2.33. The molecule has 1 aromatic rings. The van der Waals surface area contributed by atoms with E-state index < -0.39 is 6.10 Å². The average Bonchev–Trinajstić information content (AvgIpc) is 2.88. The average molecular weight is 339 g/mol. The van der Waals surface area contributed by atoms with Gasteiger partial charge in [-0.1, -0.05) is 34.5 Å². The lowest BCUT2D eigenvalue weighted by atomic mass is 9.98. The summed E-state index contributed by atoms with van der Waals surface area (Å²) in [5.41, 5.74) is 0.977. The van der Waals surface area contributed by atoms with Crippen LogP contribution in [0.15, 0.2) is 28.7 Å². The molecule has 2 aliphatic heterocycles. The highest BCUT2D eigenvalue weighted by Gasteiger charge is 2.35. The van der Waals surface area contributed by atoms with E-state index in [0.29, 0.717) is 18.6 Å². The van der Waals surface area contributed by atoms with Crippen LogP contribution in [-0.4, -0.2) is 41.7 Å². The number of nitrogens with one attached hydrogen (secondary N) is 1. The van der Waals surface area contributed by atoms with Gasteiger partial charge in [0.2, 0.25) is 0 Å². The Hall–Kier alpha value is -0.420. The molecule has 0 aliphatic carbocycles. The van der Waals surface area contributed by atoms with Crippen molar-refractivity contribution in [2.45, 2.75) is 43.9 Å².